The van der Waals surface area contributed by atoms with Crippen LogP contribution < -0.4 is 5.32 Å². The largest absolute Gasteiger partial charge is 0.467 e. The molecule has 0 radical (unpaired) electrons. The minimum atomic E-state index is -0.457. The molecule has 2 aromatic rings. The maximum atomic E-state index is 12.1. The summed E-state index contributed by atoms with van der Waals surface area (Å²) in [6.07, 6.45) is 1.55. The van der Waals surface area contributed by atoms with Crippen LogP contribution in [0.3, 0.4) is 0 Å². The van der Waals surface area contributed by atoms with Gasteiger partial charge in [-0.25, -0.2) is 4.79 Å². The summed E-state index contributed by atoms with van der Waals surface area (Å²) in [4.78, 5) is 23.9. The summed E-state index contributed by atoms with van der Waals surface area (Å²) < 4.78 is 5.19. The van der Waals surface area contributed by atoms with Gasteiger partial charge in [0.05, 0.1) is 23.8 Å². The summed E-state index contributed by atoms with van der Waals surface area (Å²) in [6.45, 7) is 2.12. The van der Waals surface area contributed by atoms with E-state index >= 15 is 0 Å². The Labute approximate surface area is 127 Å². The van der Waals surface area contributed by atoms with Gasteiger partial charge in [0.1, 0.15) is 5.76 Å². The number of nitro benzene ring substituents is 1. The van der Waals surface area contributed by atoms with Crippen molar-refractivity contribution in [2.24, 2.45) is 0 Å². The lowest BCUT2D eigenvalue weighted by Gasteiger charge is -2.20. The maximum Gasteiger partial charge on any atom is 0.318 e. The number of benzene rings is 1. The number of hydrogen-bond donors (Lipinski definition) is 1. The van der Waals surface area contributed by atoms with E-state index in [1.165, 1.54) is 17.0 Å². The third-order valence-corrected chi connectivity index (χ3v) is 3.24. The van der Waals surface area contributed by atoms with Gasteiger partial charge >= 0.3 is 6.03 Å². The molecule has 0 aliphatic rings. The van der Waals surface area contributed by atoms with Crippen molar-refractivity contribution < 1.29 is 14.1 Å². The first-order valence-electron chi connectivity index (χ1n) is 6.75. The first-order chi connectivity index (χ1) is 10.5. The molecular formula is C15H17N3O4. The molecule has 1 unspecified atom stereocenters. The van der Waals surface area contributed by atoms with Crippen LogP contribution in [0.15, 0.2) is 47.1 Å². The Morgan fingerprint density at radius 1 is 1.41 bits per heavy atom. The Kier molecular flexibility index (Phi) is 4.77. The molecule has 0 saturated heterocycles. The van der Waals surface area contributed by atoms with Gasteiger partial charge in [-0.15, -0.1) is 0 Å². The second-order valence-corrected chi connectivity index (χ2v) is 4.96. The number of non-ortho nitro benzene ring substituents is 1. The number of amides is 2. The predicted molar refractivity (Wildman–Crippen MR) is 80.2 cm³/mol. The fourth-order valence-corrected chi connectivity index (χ4v) is 1.99. The van der Waals surface area contributed by atoms with Crippen LogP contribution in [0.2, 0.25) is 0 Å². The van der Waals surface area contributed by atoms with Crippen LogP contribution in [0.4, 0.5) is 10.5 Å². The van der Waals surface area contributed by atoms with E-state index in [2.05, 4.69) is 5.32 Å². The normalized spacial score (nSPS) is 11.7. The lowest BCUT2D eigenvalue weighted by Crippen LogP contribution is -2.38. The number of carbonyl (C=O) groups excluding carboxylic acids is 1. The molecule has 1 aromatic carbocycles. The van der Waals surface area contributed by atoms with E-state index in [9.17, 15) is 14.9 Å². The first kappa shape index (κ1) is 15.6. The Hall–Kier alpha value is -2.83. The van der Waals surface area contributed by atoms with Crippen molar-refractivity contribution in [3.63, 3.8) is 0 Å². The van der Waals surface area contributed by atoms with E-state index in [0.717, 1.165) is 0 Å². The van der Waals surface area contributed by atoms with Gasteiger partial charge in [-0.3, -0.25) is 10.1 Å². The van der Waals surface area contributed by atoms with Crippen molar-refractivity contribution in [2.45, 2.75) is 19.5 Å². The van der Waals surface area contributed by atoms with Gasteiger partial charge < -0.3 is 14.6 Å². The summed E-state index contributed by atoms with van der Waals surface area (Å²) >= 11 is 0. The number of urea groups is 1. The second kappa shape index (κ2) is 6.75. The summed E-state index contributed by atoms with van der Waals surface area (Å²) in [5.74, 6) is 0.681. The van der Waals surface area contributed by atoms with Gasteiger partial charge in [0.25, 0.3) is 5.69 Å². The number of nitrogens with zero attached hydrogens (tertiary/aromatic N) is 2. The number of hydrogen-bond acceptors (Lipinski definition) is 4. The number of rotatable bonds is 5. The molecule has 116 valence electrons. The number of nitro groups is 1. The monoisotopic (exact) mass is 303 g/mol. The summed E-state index contributed by atoms with van der Waals surface area (Å²) in [6, 6.07) is 9.13. The SMILES string of the molecule is CC(NC(=O)N(C)Cc1ccco1)c1cccc([N+](=O)[O-])c1. The minimum absolute atomic E-state index is 0.00235. The van der Waals surface area contributed by atoms with Gasteiger partial charge in [-0.05, 0) is 24.6 Å². The molecule has 7 nitrogen and oxygen atoms in total. The molecule has 7 heteroatoms. The summed E-state index contributed by atoms with van der Waals surface area (Å²) in [7, 11) is 1.65. The van der Waals surface area contributed by atoms with Crippen LogP contribution in [-0.2, 0) is 6.54 Å². The van der Waals surface area contributed by atoms with E-state index in [1.807, 2.05) is 0 Å². The van der Waals surface area contributed by atoms with E-state index in [1.54, 1.807) is 44.5 Å². The van der Waals surface area contributed by atoms with Crippen molar-refractivity contribution in [2.75, 3.05) is 7.05 Å². The summed E-state index contributed by atoms with van der Waals surface area (Å²) in [5, 5.41) is 13.6. The smallest absolute Gasteiger partial charge is 0.318 e. The number of carbonyl (C=O) groups is 1. The Morgan fingerprint density at radius 2 is 2.18 bits per heavy atom. The molecule has 0 fully saturated rings. The fraction of sp³-hybridized carbons (Fsp3) is 0.267. The zero-order valence-electron chi connectivity index (χ0n) is 12.4. The van der Waals surface area contributed by atoms with Crippen molar-refractivity contribution in [3.8, 4) is 0 Å². The highest BCUT2D eigenvalue weighted by atomic mass is 16.6. The molecule has 2 amide bonds. The van der Waals surface area contributed by atoms with E-state index < -0.39 is 4.92 Å². The first-order valence-corrected chi connectivity index (χ1v) is 6.75. The predicted octanol–water partition coefficient (Wildman–Crippen LogP) is 3.09. The molecule has 0 aliphatic heterocycles. The van der Waals surface area contributed by atoms with Gasteiger partial charge in [0.15, 0.2) is 0 Å². The molecule has 1 heterocycles. The van der Waals surface area contributed by atoms with Crippen molar-refractivity contribution in [1.82, 2.24) is 10.2 Å². The highest BCUT2D eigenvalue weighted by Crippen LogP contribution is 2.19. The highest BCUT2D eigenvalue weighted by molar-refractivity contribution is 5.74. The van der Waals surface area contributed by atoms with Gasteiger partial charge in [0, 0.05) is 19.2 Å². The fourth-order valence-electron chi connectivity index (χ4n) is 1.99. The van der Waals surface area contributed by atoms with Gasteiger partial charge in [-0.1, -0.05) is 12.1 Å². The molecule has 0 aliphatic carbocycles. The van der Waals surface area contributed by atoms with Crippen molar-refractivity contribution >= 4 is 11.7 Å². The standard InChI is InChI=1S/C15H17N3O4/c1-11(12-5-3-6-13(9-12)18(20)21)16-15(19)17(2)10-14-7-4-8-22-14/h3-9,11H,10H2,1-2H3,(H,16,19). The third-order valence-electron chi connectivity index (χ3n) is 3.24. The topological polar surface area (TPSA) is 88.6 Å². The second-order valence-electron chi connectivity index (χ2n) is 4.96. The van der Waals surface area contributed by atoms with Crippen LogP contribution in [0.5, 0.6) is 0 Å². The molecule has 22 heavy (non-hydrogen) atoms. The molecule has 1 atom stereocenters. The van der Waals surface area contributed by atoms with Gasteiger partial charge in [0.2, 0.25) is 0 Å². The average molecular weight is 303 g/mol. The van der Waals surface area contributed by atoms with Crippen LogP contribution in [0.25, 0.3) is 0 Å². The Balaban J connectivity index is 1.98. The molecule has 0 spiro atoms. The Bertz CT molecular complexity index is 655. The zero-order chi connectivity index (χ0) is 16.1. The van der Waals surface area contributed by atoms with Crippen molar-refractivity contribution in [3.05, 3.63) is 64.1 Å². The third kappa shape index (κ3) is 3.85. The van der Waals surface area contributed by atoms with Gasteiger partial charge in [-0.2, -0.15) is 0 Å². The van der Waals surface area contributed by atoms with Crippen LogP contribution in [-0.4, -0.2) is 22.9 Å². The average Bonchev–Trinajstić information content (AvgIpc) is 3.00. The molecule has 2 rings (SSSR count). The Morgan fingerprint density at radius 3 is 2.82 bits per heavy atom. The van der Waals surface area contributed by atoms with Crippen molar-refractivity contribution in [1.29, 1.82) is 0 Å². The van der Waals surface area contributed by atoms with E-state index in [0.29, 0.717) is 17.9 Å². The maximum absolute atomic E-state index is 12.1. The van der Waals surface area contributed by atoms with E-state index in [-0.39, 0.29) is 17.8 Å². The molecular weight excluding hydrogens is 286 g/mol. The lowest BCUT2D eigenvalue weighted by atomic mass is 10.1. The number of furan rings is 1. The number of nitrogens with one attached hydrogen (secondary N) is 1. The zero-order valence-corrected chi connectivity index (χ0v) is 12.4. The van der Waals surface area contributed by atoms with Crippen LogP contribution in [0.1, 0.15) is 24.3 Å². The molecule has 1 N–H and O–H groups in total. The van der Waals surface area contributed by atoms with E-state index in [4.69, 9.17) is 4.42 Å². The molecule has 0 bridgehead atoms. The highest BCUT2D eigenvalue weighted by Gasteiger charge is 2.16. The molecule has 0 saturated carbocycles. The quantitative estimate of drug-likeness (QED) is 0.679. The molecule has 1 aromatic heterocycles. The minimum Gasteiger partial charge on any atom is -0.467 e. The summed E-state index contributed by atoms with van der Waals surface area (Å²) in [5.41, 5.74) is 0.677. The lowest BCUT2D eigenvalue weighted by molar-refractivity contribution is -0.384. The van der Waals surface area contributed by atoms with Crippen LogP contribution >= 0.6 is 0 Å². The van der Waals surface area contributed by atoms with Crippen LogP contribution in [0, 0.1) is 10.1 Å².